The number of hydrogen-bond acceptors (Lipinski definition) is 8. The lowest BCUT2D eigenvalue weighted by molar-refractivity contribution is 0.0954. The maximum Gasteiger partial charge on any atom is 0.339 e. The second kappa shape index (κ2) is 13.0. The van der Waals surface area contributed by atoms with Gasteiger partial charge in [-0.15, -0.1) is 0 Å². The van der Waals surface area contributed by atoms with E-state index in [9.17, 15) is 13.2 Å². The van der Waals surface area contributed by atoms with E-state index in [1.165, 1.54) is 37.6 Å². The van der Waals surface area contributed by atoms with Gasteiger partial charge in [0.05, 0.1) is 30.1 Å². The number of carbonyl (C=O) groups excluding carboxylic acids is 1. The molecule has 0 heterocycles. The lowest BCUT2D eigenvalue weighted by Crippen LogP contribution is -2.17. The summed E-state index contributed by atoms with van der Waals surface area (Å²) >= 11 is 7.80. The molecule has 0 fully saturated rings. The lowest BCUT2D eigenvalue weighted by atomic mass is 10.2. The van der Waals surface area contributed by atoms with Crippen molar-refractivity contribution in [3.05, 3.63) is 74.3 Å². The topological polar surface area (TPSA) is 113 Å². The van der Waals surface area contributed by atoms with E-state index in [1.54, 1.807) is 37.3 Å². The van der Waals surface area contributed by atoms with E-state index in [-0.39, 0.29) is 23.0 Å². The van der Waals surface area contributed by atoms with Gasteiger partial charge in [-0.25, -0.2) is 5.43 Å². The number of nitrogens with zero attached hydrogens (tertiary/aromatic N) is 1. The van der Waals surface area contributed by atoms with Crippen LogP contribution in [0, 0.1) is 3.57 Å². The smallest absolute Gasteiger partial charge is 0.339 e. The largest absolute Gasteiger partial charge is 0.493 e. The molecule has 0 unspecified atom stereocenters. The van der Waals surface area contributed by atoms with Crippen molar-refractivity contribution in [3.8, 4) is 23.0 Å². The molecule has 0 radical (unpaired) electrons. The van der Waals surface area contributed by atoms with Crippen LogP contribution in [0.25, 0.3) is 0 Å². The SMILES string of the molecule is CCOc1ccc(C(=O)N/N=C/c2cc(I)c(OS(=O)(=O)c3ccc(Cl)cc3)c(OCC)c2)cc1OC. The molecule has 0 atom stereocenters. The average molecular weight is 659 g/mol. The predicted octanol–water partition coefficient (Wildman–Crippen LogP) is 5.28. The summed E-state index contributed by atoms with van der Waals surface area (Å²) in [5.74, 6) is 0.754. The minimum atomic E-state index is -4.13. The van der Waals surface area contributed by atoms with Crippen molar-refractivity contribution >= 4 is 56.4 Å². The third kappa shape index (κ3) is 7.49. The van der Waals surface area contributed by atoms with E-state index in [0.29, 0.717) is 37.8 Å². The Morgan fingerprint density at radius 3 is 2.32 bits per heavy atom. The summed E-state index contributed by atoms with van der Waals surface area (Å²) in [6.45, 7) is 4.34. The zero-order valence-electron chi connectivity index (χ0n) is 20.2. The summed E-state index contributed by atoms with van der Waals surface area (Å²) in [6.07, 6.45) is 1.41. The van der Waals surface area contributed by atoms with Gasteiger partial charge in [-0.1, -0.05) is 11.6 Å². The Morgan fingerprint density at radius 1 is 1.00 bits per heavy atom. The molecule has 12 heteroatoms. The van der Waals surface area contributed by atoms with Crippen LogP contribution in [0.2, 0.25) is 5.02 Å². The van der Waals surface area contributed by atoms with Gasteiger partial charge in [-0.3, -0.25) is 4.79 Å². The van der Waals surface area contributed by atoms with E-state index in [0.717, 1.165) is 0 Å². The Labute approximate surface area is 234 Å². The molecule has 3 aromatic carbocycles. The van der Waals surface area contributed by atoms with Crippen LogP contribution >= 0.6 is 34.2 Å². The second-order valence-electron chi connectivity index (χ2n) is 7.25. The molecule has 0 aromatic heterocycles. The number of amides is 1. The van der Waals surface area contributed by atoms with Crippen LogP contribution in [-0.4, -0.2) is 40.9 Å². The summed E-state index contributed by atoms with van der Waals surface area (Å²) < 4.78 is 47.8. The molecular formula is C25H24ClIN2O7S. The van der Waals surface area contributed by atoms with Gasteiger partial charge in [-0.05, 0) is 96.6 Å². The van der Waals surface area contributed by atoms with Crippen LogP contribution in [0.3, 0.4) is 0 Å². The maximum absolute atomic E-state index is 12.8. The molecular weight excluding hydrogens is 635 g/mol. The molecule has 0 aliphatic heterocycles. The van der Waals surface area contributed by atoms with Crippen molar-refractivity contribution in [2.75, 3.05) is 20.3 Å². The summed E-state index contributed by atoms with van der Waals surface area (Å²) in [5.41, 5.74) is 3.33. The Bertz CT molecular complexity index is 1400. The van der Waals surface area contributed by atoms with Gasteiger partial charge in [0.15, 0.2) is 23.0 Å². The summed E-state index contributed by atoms with van der Waals surface area (Å²) in [7, 11) is -2.64. The number of methoxy groups -OCH3 is 1. The number of halogens is 2. The average Bonchev–Trinajstić information content (AvgIpc) is 2.87. The zero-order chi connectivity index (χ0) is 27.0. The van der Waals surface area contributed by atoms with Crippen LogP contribution in [0.1, 0.15) is 29.8 Å². The van der Waals surface area contributed by atoms with Crippen LogP contribution < -0.4 is 23.8 Å². The van der Waals surface area contributed by atoms with E-state index in [1.807, 2.05) is 29.5 Å². The van der Waals surface area contributed by atoms with E-state index < -0.39 is 16.0 Å². The number of hydrogen-bond donors (Lipinski definition) is 1. The monoisotopic (exact) mass is 658 g/mol. The normalized spacial score (nSPS) is 11.3. The minimum Gasteiger partial charge on any atom is -0.493 e. The third-order valence-electron chi connectivity index (χ3n) is 4.73. The highest BCUT2D eigenvalue weighted by molar-refractivity contribution is 14.1. The van der Waals surface area contributed by atoms with Gasteiger partial charge in [0, 0.05) is 10.6 Å². The van der Waals surface area contributed by atoms with E-state index >= 15 is 0 Å². The molecule has 0 aliphatic rings. The predicted molar refractivity (Wildman–Crippen MR) is 149 cm³/mol. The minimum absolute atomic E-state index is 0.0417. The summed E-state index contributed by atoms with van der Waals surface area (Å²) in [5, 5.41) is 4.41. The van der Waals surface area contributed by atoms with Crippen LogP contribution in [0.4, 0.5) is 0 Å². The Kier molecular flexibility index (Phi) is 10.0. The number of rotatable bonds is 11. The molecule has 0 spiro atoms. The van der Waals surface area contributed by atoms with Gasteiger partial charge in [0.25, 0.3) is 5.91 Å². The molecule has 3 aromatic rings. The number of ether oxygens (including phenoxy) is 3. The van der Waals surface area contributed by atoms with E-state index in [4.69, 9.17) is 30.0 Å². The molecule has 0 bridgehead atoms. The fourth-order valence-electron chi connectivity index (χ4n) is 3.08. The van der Waals surface area contributed by atoms with Crippen LogP contribution in [-0.2, 0) is 10.1 Å². The van der Waals surface area contributed by atoms with Gasteiger partial charge in [0.1, 0.15) is 4.90 Å². The van der Waals surface area contributed by atoms with Crippen LogP contribution in [0.15, 0.2) is 64.6 Å². The zero-order valence-corrected chi connectivity index (χ0v) is 23.9. The lowest BCUT2D eigenvalue weighted by Gasteiger charge is -2.14. The first-order valence-corrected chi connectivity index (χ1v) is 13.9. The number of hydrazone groups is 1. The highest BCUT2D eigenvalue weighted by atomic mass is 127. The first-order valence-electron chi connectivity index (χ1n) is 11.0. The molecule has 1 N–H and O–H groups in total. The highest BCUT2D eigenvalue weighted by Gasteiger charge is 2.22. The Morgan fingerprint density at radius 2 is 1.68 bits per heavy atom. The molecule has 3 rings (SSSR count). The fraction of sp³-hybridized carbons (Fsp3) is 0.200. The Hall–Kier alpha value is -3.03. The molecule has 9 nitrogen and oxygen atoms in total. The van der Waals surface area contributed by atoms with Crippen molar-refractivity contribution in [2.45, 2.75) is 18.7 Å². The number of benzene rings is 3. The van der Waals surface area contributed by atoms with E-state index in [2.05, 4.69) is 10.5 Å². The molecule has 0 saturated heterocycles. The Balaban J connectivity index is 1.79. The first-order chi connectivity index (χ1) is 17.7. The van der Waals surface area contributed by atoms with Gasteiger partial charge < -0.3 is 18.4 Å². The number of nitrogens with one attached hydrogen (secondary N) is 1. The standard InChI is InChI=1S/C25H24ClIN2O7S/c1-4-34-21-11-6-17(14-22(21)33-3)25(30)29-28-15-16-12-20(27)24(23(13-16)35-5-2)36-37(31,32)19-9-7-18(26)8-10-19/h6-15H,4-5H2,1-3H3,(H,29,30)/b28-15+. The van der Waals surface area contributed by atoms with Crippen molar-refractivity contribution in [2.24, 2.45) is 5.10 Å². The first kappa shape index (κ1) is 28.5. The van der Waals surface area contributed by atoms with Gasteiger partial charge >= 0.3 is 10.1 Å². The van der Waals surface area contributed by atoms with Crippen molar-refractivity contribution < 1.29 is 31.6 Å². The molecule has 0 aliphatic carbocycles. The van der Waals surface area contributed by atoms with Gasteiger partial charge in [-0.2, -0.15) is 13.5 Å². The molecule has 37 heavy (non-hydrogen) atoms. The summed E-state index contributed by atoms with van der Waals surface area (Å²) in [6, 6.07) is 13.6. The number of carbonyl (C=O) groups is 1. The molecule has 196 valence electrons. The van der Waals surface area contributed by atoms with Crippen LogP contribution in [0.5, 0.6) is 23.0 Å². The molecule has 0 saturated carbocycles. The van der Waals surface area contributed by atoms with Crippen molar-refractivity contribution in [1.82, 2.24) is 5.43 Å². The third-order valence-corrected chi connectivity index (χ3v) is 7.02. The quantitative estimate of drug-likeness (QED) is 0.129. The van der Waals surface area contributed by atoms with Crippen molar-refractivity contribution in [1.29, 1.82) is 0 Å². The second-order valence-corrected chi connectivity index (χ2v) is 10.4. The van der Waals surface area contributed by atoms with Crippen molar-refractivity contribution in [3.63, 3.8) is 0 Å². The summed E-state index contributed by atoms with van der Waals surface area (Å²) in [4.78, 5) is 12.5. The fourth-order valence-corrected chi connectivity index (χ4v) is 5.05. The maximum atomic E-state index is 12.8. The van der Waals surface area contributed by atoms with Gasteiger partial charge in [0.2, 0.25) is 0 Å². The molecule has 1 amide bonds. The highest BCUT2D eigenvalue weighted by Crippen LogP contribution is 2.36.